The Kier molecular flexibility index (Phi) is 4.74. The Balaban J connectivity index is 1.94. The van der Waals surface area contributed by atoms with Crippen molar-refractivity contribution in [3.05, 3.63) is 41.8 Å². The van der Waals surface area contributed by atoms with E-state index in [1.54, 1.807) is 6.92 Å². The van der Waals surface area contributed by atoms with Crippen molar-refractivity contribution < 1.29 is 9.21 Å². The minimum absolute atomic E-state index is 0.0994. The number of ketones is 1. The lowest BCUT2D eigenvalue weighted by Gasteiger charge is -2.08. The molecule has 19 heavy (non-hydrogen) atoms. The molecule has 2 rings (SSSR count). The summed E-state index contributed by atoms with van der Waals surface area (Å²) in [6, 6.07) is 10.2. The van der Waals surface area contributed by atoms with E-state index in [1.165, 1.54) is 17.3 Å². The molecule has 5 heteroatoms. The molecule has 1 aromatic heterocycles. The summed E-state index contributed by atoms with van der Waals surface area (Å²) >= 11 is 1.28. The predicted molar refractivity (Wildman–Crippen MR) is 74.3 cm³/mol. The maximum atomic E-state index is 10.9. The van der Waals surface area contributed by atoms with E-state index in [0.29, 0.717) is 29.2 Å². The fourth-order valence-corrected chi connectivity index (χ4v) is 2.28. The van der Waals surface area contributed by atoms with E-state index >= 15 is 0 Å². The fraction of sp³-hybridized carbons (Fsp3) is 0.357. The first-order chi connectivity index (χ1) is 9.15. The minimum Gasteiger partial charge on any atom is -0.416 e. The zero-order chi connectivity index (χ0) is 13.7. The summed E-state index contributed by atoms with van der Waals surface area (Å²) in [5.74, 6) is 1.41. The van der Waals surface area contributed by atoms with Crippen LogP contribution < -0.4 is 0 Å². The smallest absolute Gasteiger partial charge is 0.277 e. The van der Waals surface area contributed by atoms with E-state index in [4.69, 9.17) is 4.42 Å². The second kappa shape index (κ2) is 6.52. The molecule has 1 unspecified atom stereocenters. The zero-order valence-electron chi connectivity index (χ0n) is 11.0. The van der Waals surface area contributed by atoms with E-state index < -0.39 is 0 Å². The Bertz CT molecular complexity index is 539. The number of rotatable bonds is 6. The largest absolute Gasteiger partial charge is 0.416 e. The molecule has 1 atom stereocenters. The Morgan fingerprint density at radius 3 is 2.74 bits per heavy atom. The molecule has 0 aliphatic heterocycles. The van der Waals surface area contributed by atoms with Gasteiger partial charge in [0.05, 0.1) is 5.75 Å². The summed E-state index contributed by atoms with van der Waals surface area (Å²) < 4.78 is 5.51. The monoisotopic (exact) mass is 276 g/mol. The number of carbonyl (C=O) groups excluding carboxylic acids is 1. The van der Waals surface area contributed by atoms with Crippen molar-refractivity contribution in [3.8, 4) is 0 Å². The number of carbonyl (C=O) groups is 1. The van der Waals surface area contributed by atoms with Crippen molar-refractivity contribution in [2.45, 2.75) is 31.4 Å². The Morgan fingerprint density at radius 2 is 2.05 bits per heavy atom. The molecule has 100 valence electrons. The highest BCUT2D eigenvalue weighted by atomic mass is 32.2. The normalized spacial score (nSPS) is 12.3. The standard InChI is InChI=1S/C14H16N2O2S/c1-10(12-6-4-3-5-7-12)8-13-15-16-14(18-13)19-9-11(2)17/h3-7,10H,8-9H2,1-2H3. The lowest BCUT2D eigenvalue weighted by Crippen LogP contribution is -1.98. The molecule has 0 amide bonds. The van der Waals surface area contributed by atoms with Crippen LogP contribution in [-0.2, 0) is 11.2 Å². The van der Waals surface area contributed by atoms with Crippen molar-refractivity contribution in [2.75, 3.05) is 5.75 Å². The van der Waals surface area contributed by atoms with Gasteiger partial charge in [-0.1, -0.05) is 49.0 Å². The molecule has 0 N–H and O–H groups in total. The van der Waals surface area contributed by atoms with Crippen LogP contribution in [0.2, 0.25) is 0 Å². The molecule has 1 aromatic carbocycles. The van der Waals surface area contributed by atoms with Crippen LogP contribution in [0.25, 0.3) is 0 Å². The summed E-state index contributed by atoms with van der Waals surface area (Å²) in [5.41, 5.74) is 1.25. The van der Waals surface area contributed by atoms with Crippen molar-refractivity contribution >= 4 is 17.5 Å². The average Bonchev–Trinajstić information content (AvgIpc) is 2.85. The van der Waals surface area contributed by atoms with Crippen LogP contribution in [0.5, 0.6) is 0 Å². The Morgan fingerprint density at radius 1 is 1.32 bits per heavy atom. The lowest BCUT2D eigenvalue weighted by atomic mass is 9.98. The highest BCUT2D eigenvalue weighted by Gasteiger charge is 2.12. The van der Waals surface area contributed by atoms with Crippen LogP contribution in [0.1, 0.15) is 31.2 Å². The van der Waals surface area contributed by atoms with Crippen LogP contribution in [-0.4, -0.2) is 21.7 Å². The fourth-order valence-electron chi connectivity index (χ4n) is 1.70. The van der Waals surface area contributed by atoms with Gasteiger partial charge in [-0.25, -0.2) is 0 Å². The molecule has 4 nitrogen and oxygen atoms in total. The van der Waals surface area contributed by atoms with Gasteiger partial charge in [-0.05, 0) is 18.4 Å². The van der Waals surface area contributed by atoms with E-state index in [2.05, 4.69) is 29.3 Å². The number of nitrogens with zero attached hydrogens (tertiary/aromatic N) is 2. The maximum absolute atomic E-state index is 10.9. The maximum Gasteiger partial charge on any atom is 0.277 e. The van der Waals surface area contributed by atoms with Crippen LogP contribution in [0.15, 0.2) is 40.0 Å². The highest BCUT2D eigenvalue weighted by Crippen LogP contribution is 2.22. The van der Waals surface area contributed by atoms with Gasteiger partial charge in [0.15, 0.2) is 0 Å². The average molecular weight is 276 g/mol. The molecule has 0 fully saturated rings. The molecule has 0 aliphatic rings. The number of hydrogen-bond donors (Lipinski definition) is 0. The molecular formula is C14H16N2O2S. The van der Waals surface area contributed by atoms with E-state index in [9.17, 15) is 4.79 Å². The van der Waals surface area contributed by atoms with Gasteiger partial charge in [-0.2, -0.15) is 0 Å². The summed E-state index contributed by atoms with van der Waals surface area (Å²) in [6.45, 7) is 3.67. The third kappa shape index (κ3) is 4.21. The van der Waals surface area contributed by atoms with E-state index in [0.717, 1.165) is 0 Å². The van der Waals surface area contributed by atoms with Crippen LogP contribution in [0.3, 0.4) is 0 Å². The number of aromatic nitrogens is 2. The lowest BCUT2D eigenvalue weighted by molar-refractivity contribution is -0.114. The van der Waals surface area contributed by atoms with Gasteiger partial charge < -0.3 is 4.42 Å². The first-order valence-electron chi connectivity index (χ1n) is 6.14. The summed E-state index contributed by atoms with van der Waals surface area (Å²) in [7, 11) is 0. The van der Waals surface area contributed by atoms with Gasteiger partial charge in [0.25, 0.3) is 5.22 Å². The summed E-state index contributed by atoms with van der Waals surface area (Å²) in [4.78, 5) is 10.9. The SMILES string of the molecule is CC(=O)CSc1nnc(CC(C)c2ccccc2)o1. The van der Waals surface area contributed by atoms with E-state index in [-0.39, 0.29) is 5.78 Å². The van der Waals surface area contributed by atoms with E-state index in [1.807, 2.05) is 18.2 Å². The second-order valence-corrected chi connectivity index (χ2v) is 5.39. The third-order valence-electron chi connectivity index (χ3n) is 2.70. The van der Waals surface area contributed by atoms with Crippen LogP contribution >= 0.6 is 11.8 Å². The van der Waals surface area contributed by atoms with Gasteiger partial charge in [-0.3, -0.25) is 4.79 Å². The molecule has 0 radical (unpaired) electrons. The molecule has 0 bridgehead atoms. The van der Waals surface area contributed by atoms with Crippen LogP contribution in [0.4, 0.5) is 0 Å². The molecule has 0 aliphatic carbocycles. The number of thioether (sulfide) groups is 1. The van der Waals surface area contributed by atoms with Gasteiger partial charge >= 0.3 is 0 Å². The highest BCUT2D eigenvalue weighted by molar-refractivity contribution is 7.99. The topological polar surface area (TPSA) is 56.0 Å². The van der Waals surface area contributed by atoms with Crippen LogP contribution in [0, 0.1) is 0 Å². The van der Waals surface area contributed by atoms with Crippen molar-refractivity contribution in [3.63, 3.8) is 0 Å². The quantitative estimate of drug-likeness (QED) is 0.759. The number of Topliss-reactive ketones (excluding diaryl/α,β-unsaturated/α-hetero) is 1. The molecule has 2 aromatic rings. The van der Waals surface area contributed by atoms with Gasteiger partial charge in [0.2, 0.25) is 5.89 Å². The second-order valence-electron chi connectivity index (χ2n) is 4.47. The Labute approximate surface area is 116 Å². The third-order valence-corrected chi connectivity index (χ3v) is 3.66. The molecule has 0 spiro atoms. The van der Waals surface area contributed by atoms with Crippen molar-refractivity contribution in [1.29, 1.82) is 0 Å². The molecule has 1 heterocycles. The predicted octanol–water partition coefficient (Wildman–Crippen LogP) is 3.10. The Hall–Kier alpha value is -1.62. The number of benzene rings is 1. The summed E-state index contributed by atoms with van der Waals surface area (Å²) in [6.07, 6.45) is 0.706. The minimum atomic E-state index is 0.0994. The first-order valence-corrected chi connectivity index (χ1v) is 7.13. The zero-order valence-corrected chi connectivity index (χ0v) is 11.8. The van der Waals surface area contributed by atoms with Gasteiger partial charge in [0.1, 0.15) is 5.78 Å². The molecule has 0 saturated heterocycles. The summed E-state index contributed by atoms with van der Waals surface area (Å²) in [5, 5.41) is 8.40. The van der Waals surface area contributed by atoms with Gasteiger partial charge in [0, 0.05) is 6.42 Å². The molecule has 0 saturated carbocycles. The van der Waals surface area contributed by atoms with Crippen molar-refractivity contribution in [2.24, 2.45) is 0 Å². The number of hydrogen-bond acceptors (Lipinski definition) is 5. The van der Waals surface area contributed by atoms with Gasteiger partial charge in [-0.15, -0.1) is 10.2 Å². The van der Waals surface area contributed by atoms with Crippen molar-refractivity contribution in [1.82, 2.24) is 10.2 Å². The molecular weight excluding hydrogens is 260 g/mol. The first kappa shape index (κ1) is 13.8.